The Kier molecular flexibility index (Phi) is 11.2. The van der Waals surface area contributed by atoms with Gasteiger partial charge in [0, 0.05) is 26.1 Å². The summed E-state index contributed by atoms with van der Waals surface area (Å²) >= 11 is 0. The number of amides is 4. The van der Waals surface area contributed by atoms with Crippen LogP contribution in [-0.2, 0) is 32.1 Å². The van der Waals surface area contributed by atoms with Crippen molar-refractivity contribution in [3.63, 3.8) is 0 Å². The molecule has 1 spiro atoms. The third-order valence-corrected chi connectivity index (χ3v) is 9.60. The number of nitrogens with zero attached hydrogens (tertiary/aromatic N) is 1. The molecule has 2 atom stereocenters. The fraction of sp³-hybridized carbons (Fsp3) is 0.556. The Morgan fingerprint density at radius 2 is 1.91 bits per heavy atom. The lowest BCUT2D eigenvalue weighted by atomic mass is 9.62. The first kappa shape index (κ1) is 33.3. The third-order valence-electron chi connectivity index (χ3n) is 9.60. The van der Waals surface area contributed by atoms with Gasteiger partial charge in [0.1, 0.15) is 17.8 Å². The van der Waals surface area contributed by atoms with Crippen molar-refractivity contribution in [1.29, 1.82) is 0 Å². The maximum atomic E-state index is 13.8. The van der Waals surface area contributed by atoms with E-state index in [0.29, 0.717) is 32.4 Å². The Morgan fingerprint density at radius 1 is 1.11 bits per heavy atom. The van der Waals surface area contributed by atoms with Gasteiger partial charge < -0.3 is 30.3 Å². The summed E-state index contributed by atoms with van der Waals surface area (Å²) in [5, 5.41) is 8.59. The van der Waals surface area contributed by atoms with E-state index >= 15 is 0 Å². The highest BCUT2D eigenvalue weighted by atomic mass is 16.5. The minimum Gasteiger partial charge on any atom is -0.490 e. The number of piperidine rings is 1. The minimum absolute atomic E-state index is 0.0399. The zero-order chi connectivity index (χ0) is 32.5. The van der Waals surface area contributed by atoms with E-state index in [9.17, 15) is 19.2 Å². The van der Waals surface area contributed by atoms with Crippen molar-refractivity contribution in [2.24, 2.45) is 5.41 Å². The van der Waals surface area contributed by atoms with Crippen molar-refractivity contribution in [3.05, 3.63) is 65.2 Å². The van der Waals surface area contributed by atoms with Crippen molar-refractivity contribution in [3.8, 4) is 5.75 Å². The fourth-order valence-corrected chi connectivity index (χ4v) is 6.84. The number of nitrogens with one attached hydrogen (secondary N) is 3. The summed E-state index contributed by atoms with van der Waals surface area (Å²) < 4.78 is 11.7. The van der Waals surface area contributed by atoms with Crippen LogP contribution in [0.1, 0.15) is 81.4 Å². The quantitative estimate of drug-likeness (QED) is 0.384. The largest absolute Gasteiger partial charge is 0.490 e. The second kappa shape index (κ2) is 15.5. The van der Waals surface area contributed by atoms with E-state index in [-0.39, 0.29) is 49.3 Å². The number of hydrogen-bond donors (Lipinski definition) is 3. The summed E-state index contributed by atoms with van der Waals surface area (Å²) in [6, 6.07) is 13.8. The van der Waals surface area contributed by atoms with Crippen molar-refractivity contribution in [2.45, 2.75) is 103 Å². The average molecular weight is 633 g/mol. The van der Waals surface area contributed by atoms with Crippen LogP contribution in [0.4, 0.5) is 4.79 Å². The molecule has 2 aromatic rings. The smallest absolute Gasteiger partial charge is 0.407 e. The number of fused-ring (bicyclic) bond motifs is 9. The molecule has 1 aliphatic carbocycles. The van der Waals surface area contributed by atoms with Gasteiger partial charge >= 0.3 is 6.09 Å². The van der Waals surface area contributed by atoms with Gasteiger partial charge in [-0.1, -0.05) is 49.7 Å². The van der Waals surface area contributed by atoms with Gasteiger partial charge in [-0.2, -0.15) is 0 Å². The van der Waals surface area contributed by atoms with Crippen molar-refractivity contribution >= 4 is 23.8 Å². The summed E-state index contributed by atoms with van der Waals surface area (Å²) in [4.78, 5) is 55.4. The van der Waals surface area contributed by atoms with Crippen LogP contribution in [0.5, 0.6) is 5.75 Å². The number of ether oxygens (including phenoxy) is 2. The van der Waals surface area contributed by atoms with Gasteiger partial charge in [0.2, 0.25) is 17.7 Å². The number of carbonyl (C=O) groups is 4. The Labute approximate surface area is 272 Å². The number of carbonyl (C=O) groups excluding carboxylic acids is 4. The molecule has 2 fully saturated rings. The highest BCUT2D eigenvalue weighted by molar-refractivity contribution is 5.91. The number of unbranched alkanes of at least 4 members (excludes halogenated alkanes) is 1. The van der Waals surface area contributed by atoms with Crippen LogP contribution in [0.2, 0.25) is 0 Å². The van der Waals surface area contributed by atoms with Gasteiger partial charge in [0.15, 0.2) is 0 Å². The second-order valence-corrected chi connectivity index (χ2v) is 13.2. The van der Waals surface area contributed by atoms with Gasteiger partial charge in [-0.3, -0.25) is 14.4 Å². The summed E-state index contributed by atoms with van der Waals surface area (Å²) in [7, 11) is 0. The van der Waals surface area contributed by atoms with Gasteiger partial charge in [0.05, 0.1) is 12.7 Å². The minimum atomic E-state index is -1.04. The first-order valence-corrected chi connectivity index (χ1v) is 16.8. The van der Waals surface area contributed by atoms with Crippen molar-refractivity contribution in [1.82, 2.24) is 20.9 Å². The molecular formula is C36H48N4O6. The molecule has 46 heavy (non-hydrogen) atoms. The van der Waals surface area contributed by atoms with E-state index in [2.05, 4.69) is 16.0 Å². The molecule has 4 aliphatic rings. The molecule has 5 bridgehead atoms. The second-order valence-electron chi connectivity index (χ2n) is 13.2. The molecule has 1 saturated carbocycles. The van der Waals surface area contributed by atoms with Crippen LogP contribution < -0.4 is 20.7 Å². The SMILES string of the molecule is CCCCOC(=O)N[C@H]1CCC(=O)N2CCCC3(CC(C3)Oc3ccc(C)c(c3)CNC(=O)[C@H](CCc3ccccc3)NC1=O)C2. The molecule has 10 heteroatoms. The maximum Gasteiger partial charge on any atom is 0.407 e. The van der Waals surface area contributed by atoms with Crippen LogP contribution in [0.25, 0.3) is 0 Å². The Morgan fingerprint density at radius 3 is 2.70 bits per heavy atom. The zero-order valence-corrected chi connectivity index (χ0v) is 27.1. The Hall–Kier alpha value is -4.08. The van der Waals surface area contributed by atoms with Crippen LogP contribution >= 0.6 is 0 Å². The lowest BCUT2D eigenvalue weighted by Crippen LogP contribution is -2.55. The van der Waals surface area contributed by atoms with Crippen LogP contribution in [0.3, 0.4) is 0 Å². The number of rotatable bonds is 7. The van der Waals surface area contributed by atoms with E-state index < -0.39 is 24.1 Å². The van der Waals surface area contributed by atoms with Crippen LogP contribution in [0, 0.1) is 12.3 Å². The number of hydrogen-bond acceptors (Lipinski definition) is 6. The molecule has 6 rings (SSSR count). The fourth-order valence-electron chi connectivity index (χ4n) is 6.84. The highest BCUT2D eigenvalue weighted by Crippen LogP contribution is 2.49. The zero-order valence-electron chi connectivity index (χ0n) is 27.1. The lowest BCUT2D eigenvalue weighted by Gasteiger charge is -2.52. The van der Waals surface area contributed by atoms with Gasteiger partial charge in [-0.15, -0.1) is 0 Å². The predicted molar refractivity (Wildman–Crippen MR) is 174 cm³/mol. The summed E-state index contributed by atoms with van der Waals surface area (Å²) in [5.41, 5.74) is 3.06. The van der Waals surface area contributed by atoms with E-state index in [1.807, 2.05) is 67.3 Å². The van der Waals surface area contributed by atoms with E-state index in [1.54, 1.807) is 0 Å². The Balaban J connectivity index is 1.38. The molecule has 2 aromatic carbocycles. The number of benzene rings is 2. The maximum absolute atomic E-state index is 13.8. The van der Waals surface area contributed by atoms with Crippen molar-refractivity contribution < 1.29 is 28.7 Å². The molecule has 0 radical (unpaired) electrons. The van der Waals surface area contributed by atoms with E-state index in [0.717, 1.165) is 54.5 Å². The molecule has 248 valence electrons. The van der Waals surface area contributed by atoms with Crippen LogP contribution in [0.15, 0.2) is 48.5 Å². The molecule has 4 amide bonds. The summed E-state index contributed by atoms with van der Waals surface area (Å²) in [5.74, 6) is -0.115. The van der Waals surface area contributed by atoms with Gasteiger partial charge in [-0.05, 0) is 92.5 Å². The van der Waals surface area contributed by atoms with E-state index in [1.165, 1.54) is 0 Å². The number of aryl methyl sites for hydroxylation is 2. The normalized spacial score (nSPS) is 25.4. The number of alkyl carbamates (subject to hydrolysis) is 1. The van der Waals surface area contributed by atoms with Crippen LogP contribution in [-0.4, -0.2) is 66.6 Å². The molecule has 1 saturated heterocycles. The monoisotopic (exact) mass is 632 g/mol. The summed E-state index contributed by atoms with van der Waals surface area (Å²) in [6.07, 6.45) is 5.80. The standard InChI is InChI=1S/C36H48N4O6/c1-3-4-19-45-35(44)39-31-15-16-32(41)40-18-8-17-36(24-40)21-29(22-36)46-28-13-11-25(2)27(20-28)23-37-33(42)30(38-34(31)43)14-12-26-9-6-5-7-10-26/h5-7,9-11,13,20,29-31H,3-4,8,12,14-19,21-24H2,1-2H3,(H,37,42)(H,38,43)(H,39,44)/t29?,30-,31-,36?/m0/s1. The van der Waals surface area contributed by atoms with E-state index in [4.69, 9.17) is 9.47 Å². The molecule has 3 N–H and O–H groups in total. The Bertz CT molecular complexity index is 1380. The summed E-state index contributed by atoms with van der Waals surface area (Å²) in [6.45, 7) is 5.86. The molecule has 3 aliphatic heterocycles. The molecule has 10 nitrogen and oxygen atoms in total. The lowest BCUT2D eigenvalue weighted by molar-refractivity contribution is -0.140. The average Bonchev–Trinajstić information content (AvgIpc) is 3.04. The molecule has 3 heterocycles. The van der Waals surface area contributed by atoms with Crippen molar-refractivity contribution in [2.75, 3.05) is 19.7 Å². The third kappa shape index (κ3) is 8.79. The molecule has 0 aromatic heterocycles. The predicted octanol–water partition coefficient (Wildman–Crippen LogP) is 4.57. The highest BCUT2D eigenvalue weighted by Gasteiger charge is 2.48. The topological polar surface area (TPSA) is 126 Å². The first-order chi connectivity index (χ1) is 22.2. The van der Waals surface area contributed by atoms with Gasteiger partial charge in [-0.25, -0.2) is 4.79 Å². The first-order valence-electron chi connectivity index (χ1n) is 16.8. The molecule has 0 unspecified atom stereocenters. The van der Waals surface area contributed by atoms with Gasteiger partial charge in [0.25, 0.3) is 0 Å². The molecular weight excluding hydrogens is 584 g/mol.